The predicted molar refractivity (Wildman–Crippen MR) is 143 cm³/mol. The van der Waals surface area contributed by atoms with Crippen molar-refractivity contribution in [3.8, 4) is 5.75 Å². The van der Waals surface area contributed by atoms with E-state index in [9.17, 15) is 5.11 Å². The van der Waals surface area contributed by atoms with E-state index in [2.05, 4.69) is 110 Å². The van der Waals surface area contributed by atoms with E-state index in [0.717, 1.165) is 24.9 Å². The predicted octanol–water partition coefficient (Wildman–Crippen LogP) is 7.75. The summed E-state index contributed by atoms with van der Waals surface area (Å²) in [6.45, 7) is 5.28. The van der Waals surface area contributed by atoms with Gasteiger partial charge in [0.25, 0.3) is 0 Å². The first-order valence-electron chi connectivity index (χ1n) is 11.7. The van der Waals surface area contributed by atoms with E-state index in [1.165, 1.54) is 22.2 Å². The molecule has 0 heterocycles. The molecule has 0 aromatic heterocycles. The highest BCUT2D eigenvalue weighted by atomic mass is 31.1. The summed E-state index contributed by atoms with van der Waals surface area (Å²) < 4.78 is 0. The number of phenolic OH excluding ortho intramolecular Hbond substituents is 1. The molecule has 1 atom stereocenters. The lowest BCUT2D eigenvalue weighted by Gasteiger charge is -2.34. The molecule has 0 saturated heterocycles. The molecule has 0 aliphatic rings. The Morgan fingerprint density at radius 3 is 1.76 bits per heavy atom. The van der Waals surface area contributed by atoms with Crippen molar-refractivity contribution in [3.05, 3.63) is 120 Å². The molecule has 4 aromatic rings. The van der Waals surface area contributed by atoms with E-state index >= 15 is 0 Å². The van der Waals surface area contributed by atoms with Gasteiger partial charge in [0.1, 0.15) is 5.75 Å². The second kappa shape index (κ2) is 10.7. The lowest BCUT2D eigenvalue weighted by Crippen LogP contribution is -2.25. The molecule has 0 radical (unpaired) electrons. The zero-order valence-corrected chi connectivity index (χ0v) is 20.4. The van der Waals surface area contributed by atoms with E-state index < -0.39 is 0 Å². The number of hydrogen-bond acceptors (Lipinski definition) is 2. The quantitative estimate of drug-likeness (QED) is 0.262. The maximum absolute atomic E-state index is 10.7. The third-order valence-corrected chi connectivity index (χ3v) is 8.69. The van der Waals surface area contributed by atoms with Crippen molar-refractivity contribution in [2.24, 2.45) is 0 Å². The Labute approximate surface area is 199 Å². The van der Waals surface area contributed by atoms with Crippen LogP contribution in [0.2, 0.25) is 0 Å². The first-order chi connectivity index (χ1) is 16.2. The Morgan fingerprint density at radius 1 is 0.667 bits per heavy atom. The standard InChI is InChI=1S/C30H32NOP/c1-3-30(4-2,27-20-12-13-21-28(27)32)33-29-22-14-11-15-24(29)23-31(25-16-7-5-8-17-25)26-18-9-6-10-19-26/h5-22,32-33H,3-4,23H2,1-2H3. The maximum Gasteiger partial charge on any atom is 0.119 e. The summed E-state index contributed by atoms with van der Waals surface area (Å²) in [7, 11) is 0.567. The number of hydrogen-bond donors (Lipinski definition) is 1. The van der Waals surface area contributed by atoms with Crippen molar-refractivity contribution in [2.75, 3.05) is 4.90 Å². The smallest absolute Gasteiger partial charge is 0.119 e. The second-order valence-corrected chi connectivity index (χ2v) is 10.1. The average molecular weight is 454 g/mol. The Hall–Kier alpha value is -3.09. The van der Waals surface area contributed by atoms with Gasteiger partial charge in [-0.3, -0.25) is 0 Å². The third-order valence-electron chi connectivity index (χ3n) is 6.48. The van der Waals surface area contributed by atoms with Gasteiger partial charge in [-0.1, -0.05) is 101 Å². The van der Waals surface area contributed by atoms with Crippen LogP contribution in [-0.4, -0.2) is 5.11 Å². The van der Waals surface area contributed by atoms with Crippen molar-refractivity contribution >= 4 is 25.3 Å². The highest BCUT2D eigenvalue weighted by Crippen LogP contribution is 2.50. The summed E-state index contributed by atoms with van der Waals surface area (Å²) in [5.41, 5.74) is 4.75. The molecule has 2 nitrogen and oxygen atoms in total. The highest BCUT2D eigenvalue weighted by molar-refractivity contribution is 7.48. The topological polar surface area (TPSA) is 23.5 Å². The van der Waals surface area contributed by atoms with Gasteiger partial charge in [-0.15, -0.1) is 0 Å². The molecule has 168 valence electrons. The van der Waals surface area contributed by atoms with Crippen LogP contribution in [-0.2, 0) is 11.7 Å². The van der Waals surface area contributed by atoms with Crippen molar-refractivity contribution in [2.45, 2.75) is 38.4 Å². The van der Waals surface area contributed by atoms with Crippen LogP contribution < -0.4 is 10.2 Å². The molecule has 0 aliphatic carbocycles. The molecule has 33 heavy (non-hydrogen) atoms. The van der Waals surface area contributed by atoms with E-state index in [4.69, 9.17) is 0 Å². The van der Waals surface area contributed by atoms with Crippen LogP contribution >= 0.6 is 8.58 Å². The van der Waals surface area contributed by atoms with Gasteiger partial charge in [0.05, 0.1) is 0 Å². The second-order valence-electron chi connectivity index (χ2n) is 8.35. The molecule has 4 aromatic carbocycles. The first-order valence-corrected chi connectivity index (χ1v) is 12.7. The summed E-state index contributed by atoms with van der Waals surface area (Å²) in [6.07, 6.45) is 1.96. The van der Waals surface area contributed by atoms with Gasteiger partial charge in [-0.25, -0.2) is 0 Å². The highest BCUT2D eigenvalue weighted by Gasteiger charge is 2.32. The minimum atomic E-state index is -0.0776. The van der Waals surface area contributed by atoms with E-state index in [-0.39, 0.29) is 5.16 Å². The van der Waals surface area contributed by atoms with Crippen molar-refractivity contribution in [3.63, 3.8) is 0 Å². The minimum Gasteiger partial charge on any atom is -0.508 e. The molecular formula is C30H32NOP. The van der Waals surface area contributed by atoms with Crippen LogP contribution in [0, 0.1) is 0 Å². The van der Waals surface area contributed by atoms with Gasteiger partial charge >= 0.3 is 0 Å². The number of nitrogens with zero attached hydrogens (tertiary/aromatic N) is 1. The Kier molecular flexibility index (Phi) is 7.47. The van der Waals surface area contributed by atoms with Gasteiger partial charge in [0.15, 0.2) is 0 Å². The van der Waals surface area contributed by atoms with Gasteiger partial charge in [-0.05, 0) is 54.0 Å². The third kappa shape index (κ3) is 5.13. The Balaban J connectivity index is 1.73. The zero-order chi connectivity index (χ0) is 23.1. The monoisotopic (exact) mass is 453 g/mol. The molecule has 1 N–H and O–H groups in total. The zero-order valence-electron chi connectivity index (χ0n) is 19.4. The average Bonchev–Trinajstić information content (AvgIpc) is 2.88. The summed E-state index contributed by atoms with van der Waals surface area (Å²) in [4.78, 5) is 2.38. The molecular weight excluding hydrogens is 421 g/mol. The number of anilines is 2. The minimum absolute atomic E-state index is 0.0776. The molecule has 3 heteroatoms. The molecule has 4 rings (SSSR count). The van der Waals surface area contributed by atoms with Crippen LogP contribution in [0.1, 0.15) is 37.8 Å². The maximum atomic E-state index is 10.7. The molecule has 0 amide bonds. The van der Waals surface area contributed by atoms with Crippen LogP contribution in [0.25, 0.3) is 0 Å². The molecule has 0 spiro atoms. The van der Waals surface area contributed by atoms with E-state index in [1.807, 2.05) is 18.2 Å². The number of para-hydroxylation sites is 3. The van der Waals surface area contributed by atoms with Crippen molar-refractivity contribution < 1.29 is 5.11 Å². The number of aromatic hydroxyl groups is 1. The van der Waals surface area contributed by atoms with Gasteiger partial charge < -0.3 is 10.0 Å². The molecule has 0 bridgehead atoms. The fourth-order valence-electron chi connectivity index (χ4n) is 4.51. The van der Waals surface area contributed by atoms with Crippen LogP contribution in [0.4, 0.5) is 11.4 Å². The fraction of sp³-hybridized carbons (Fsp3) is 0.200. The largest absolute Gasteiger partial charge is 0.508 e. The Bertz CT molecular complexity index is 1120. The number of phenols is 1. The molecule has 1 unspecified atom stereocenters. The fourth-order valence-corrected chi connectivity index (χ4v) is 6.23. The van der Waals surface area contributed by atoms with Gasteiger partial charge in [0.2, 0.25) is 0 Å². The molecule has 0 saturated carbocycles. The van der Waals surface area contributed by atoms with Crippen molar-refractivity contribution in [1.82, 2.24) is 0 Å². The Morgan fingerprint density at radius 2 is 1.18 bits per heavy atom. The van der Waals surface area contributed by atoms with Crippen LogP contribution in [0.15, 0.2) is 109 Å². The van der Waals surface area contributed by atoms with Crippen LogP contribution in [0.5, 0.6) is 5.75 Å². The van der Waals surface area contributed by atoms with Gasteiger partial charge in [-0.2, -0.15) is 0 Å². The number of rotatable bonds is 9. The number of benzene rings is 4. The van der Waals surface area contributed by atoms with Crippen molar-refractivity contribution in [1.29, 1.82) is 0 Å². The molecule has 0 aliphatic heterocycles. The summed E-state index contributed by atoms with van der Waals surface area (Å²) in [5.74, 6) is 0.404. The normalized spacial score (nSPS) is 11.7. The summed E-state index contributed by atoms with van der Waals surface area (Å²) >= 11 is 0. The first kappa shape index (κ1) is 23.1. The summed E-state index contributed by atoms with van der Waals surface area (Å²) in [6, 6.07) is 37.8. The van der Waals surface area contributed by atoms with Crippen LogP contribution in [0.3, 0.4) is 0 Å². The summed E-state index contributed by atoms with van der Waals surface area (Å²) in [5, 5.41) is 12.0. The van der Waals surface area contributed by atoms with E-state index in [1.54, 1.807) is 0 Å². The lowest BCUT2D eigenvalue weighted by atomic mass is 9.92. The molecule has 0 fully saturated rings. The van der Waals surface area contributed by atoms with Gasteiger partial charge in [0, 0.05) is 28.6 Å². The van der Waals surface area contributed by atoms with E-state index in [0.29, 0.717) is 14.3 Å². The lowest BCUT2D eigenvalue weighted by molar-refractivity contribution is 0.448. The SMILES string of the molecule is CCC(CC)(Pc1ccccc1CN(c1ccccc1)c1ccccc1)c1ccccc1O.